The van der Waals surface area contributed by atoms with Gasteiger partial charge in [-0.25, -0.2) is 0 Å². The van der Waals surface area contributed by atoms with Gasteiger partial charge in [0.05, 0.1) is 5.60 Å². The largest absolute Gasteiger partial charge is 0.390 e. The van der Waals surface area contributed by atoms with Gasteiger partial charge in [0.15, 0.2) is 0 Å². The average Bonchev–Trinajstić information content (AvgIpc) is 2.95. The van der Waals surface area contributed by atoms with Crippen molar-refractivity contribution in [3.8, 4) is 0 Å². The topological polar surface area (TPSA) is 78.4 Å². The lowest BCUT2D eigenvalue weighted by molar-refractivity contribution is -0.123. The molecule has 1 fully saturated rings. The summed E-state index contributed by atoms with van der Waals surface area (Å²) in [6.45, 7) is 7.67. The molecule has 156 valence electrons. The number of amides is 2. The Balaban J connectivity index is 1.85. The molecule has 5 nitrogen and oxygen atoms in total. The van der Waals surface area contributed by atoms with Crippen molar-refractivity contribution in [1.29, 1.82) is 0 Å². The zero-order valence-corrected chi connectivity index (χ0v) is 17.8. The number of carbonyl (C=O) groups is 2. The molecule has 0 saturated carbocycles. The Morgan fingerprint density at radius 2 is 2.00 bits per heavy atom. The van der Waals surface area contributed by atoms with E-state index in [4.69, 9.17) is 0 Å². The highest BCUT2D eigenvalue weighted by Gasteiger charge is 2.37. The predicted octanol–water partition coefficient (Wildman–Crippen LogP) is 3.41. The van der Waals surface area contributed by atoms with Gasteiger partial charge in [-0.3, -0.25) is 9.59 Å². The van der Waals surface area contributed by atoms with E-state index in [1.54, 1.807) is 13.8 Å². The molecule has 0 aromatic heterocycles. The molecule has 1 aliphatic heterocycles. The van der Waals surface area contributed by atoms with Crippen LogP contribution in [-0.4, -0.2) is 34.1 Å². The zero-order chi connectivity index (χ0) is 20.8. The minimum Gasteiger partial charge on any atom is -0.390 e. The van der Waals surface area contributed by atoms with Crippen LogP contribution >= 0.6 is 0 Å². The highest BCUT2D eigenvalue weighted by Crippen LogP contribution is 2.29. The van der Waals surface area contributed by atoms with E-state index in [0.29, 0.717) is 19.3 Å². The molecule has 2 amide bonds. The summed E-state index contributed by atoms with van der Waals surface area (Å²) in [5.41, 5.74) is 1.42. The monoisotopic (exact) mass is 388 g/mol. The number of aliphatic hydroxyl groups is 1. The fourth-order valence-electron chi connectivity index (χ4n) is 3.89. The van der Waals surface area contributed by atoms with Crippen LogP contribution in [0.5, 0.6) is 0 Å². The van der Waals surface area contributed by atoms with Crippen LogP contribution < -0.4 is 10.6 Å². The Labute approximate surface area is 169 Å². The average molecular weight is 389 g/mol. The number of nitrogens with one attached hydrogen (secondary N) is 2. The first-order chi connectivity index (χ1) is 13.1. The van der Waals surface area contributed by atoms with E-state index in [1.807, 2.05) is 6.92 Å². The highest BCUT2D eigenvalue weighted by atomic mass is 16.3. The lowest BCUT2D eigenvalue weighted by Crippen LogP contribution is -2.45. The summed E-state index contributed by atoms with van der Waals surface area (Å²) in [7, 11) is 0. The smallest absolute Gasteiger partial charge is 0.220 e. The van der Waals surface area contributed by atoms with Crippen molar-refractivity contribution >= 4 is 11.8 Å². The molecule has 0 spiro atoms. The fourth-order valence-corrected chi connectivity index (χ4v) is 3.89. The number of aryl methyl sites for hydroxylation is 1. The number of benzene rings is 1. The first-order valence-electron chi connectivity index (χ1n) is 10.5. The van der Waals surface area contributed by atoms with Crippen molar-refractivity contribution in [2.75, 3.05) is 0 Å². The second-order valence-electron chi connectivity index (χ2n) is 9.16. The van der Waals surface area contributed by atoms with Crippen LogP contribution in [0.15, 0.2) is 24.3 Å². The first kappa shape index (κ1) is 22.4. The van der Waals surface area contributed by atoms with Crippen LogP contribution in [0, 0.1) is 6.92 Å². The summed E-state index contributed by atoms with van der Waals surface area (Å²) >= 11 is 0. The van der Waals surface area contributed by atoms with Crippen LogP contribution in [0.1, 0.15) is 76.8 Å². The molecule has 0 aliphatic carbocycles. The van der Waals surface area contributed by atoms with Gasteiger partial charge in [0.1, 0.15) is 0 Å². The third-order valence-corrected chi connectivity index (χ3v) is 5.56. The minimum atomic E-state index is -0.660. The van der Waals surface area contributed by atoms with Gasteiger partial charge in [-0.1, -0.05) is 29.8 Å². The Kier molecular flexibility index (Phi) is 7.64. The van der Waals surface area contributed by atoms with E-state index in [2.05, 4.69) is 41.8 Å². The van der Waals surface area contributed by atoms with Gasteiger partial charge in [0.2, 0.25) is 11.8 Å². The second kappa shape index (κ2) is 9.55. The molecule has 2 atom stereocenters. The molecule has 1 aromatic carbocycles. The van der Waals surface area contributed by atoms with Gasteiger partial charge >= 0.3 is 0 Å². The summed E-state index contributed by atoms with van der Waals surface area (Å²) in [5.74, 6) is 0.104. The molecule has 0 radical (unpaired) electrons. The summed E-state index contributed by atoms with van der Waals surface area (Å²) < 4.78 is 0. The number of rotatable bonds is 10. The lowest BCUT2D eigenvalue weighted by Gasteiger charge is -2.29. The predicted molar refractivity (Wildman–Crippen MR) is 112 cm³/mol. The first-order valence-corrected chi connectivity index (χ1v) is 10.5. The van der Waals surface area contributed by atoms with Crippen LogP contribution in [0.2, 0.25) is 0 Å². The Hall–Kier alpha value is -1.88. The molecule has 5 heteroatoms. The van der Waals surface area contributed by atoms with E-state index in [1.165, 1.54) is 11.1 Å². The molecule has 1 aliphatic rings. The molecule has 0 bridgehead atoms. The van der Waals surface area contributed by atoms with Gasteiger partial charge in [0.25, 0.3) is 0 Å². The molecule has 3 N–H and O–H groups in total. The van der Waals surface area contributed by atoms with Crippen LogP contribution in [0.3, 0.4) is 0 Å². The zero-order valence-electron chi connectivity index (χ0n) is 17.8. The third kappa shape index (κ3) is 7.63. The highest BCUT2D eigenvalue weighted by molar-refractivity contribution is 5.80. The SMILES string of the molecule is Cc1ccc(CC2(CCC(=O)NC(C)CCCC(C)(C)O)CCC(=O)N2)cc1. The van der Waals surface area contributed by atoms with Gasteiger partial charge < -0.3 is 15.7 Å². The van der Waals surface area contributed by atoms with E-state index in [9.17, 15) is 14.7 Å². The van der Waals surface area contributed by atoms with E-state index in [-0.39, 0.29) is 23.4 Å². The molecule has 28 heavy (non-hydrogen) atoms. The van der Waals surface area contributed by atoms with Crippen LogP contribution in [-0.2, 0) is 16.0 Å². The van der Waals surface area contributed by atoms with E-state index < -0.39 is 5.60 Å². The normalized spacial score (nSPS) is 20.7. The van der Waals surface area contributed by atoms with Crippen LogP contribution in [0.4, 0.5) is 0 Å². The van der Waals surface area contributed by atoms with Gasteiger partial charge in [-0.2, -0.15) is 0 Å². The van der Waals surface area contributed by atoms with Gasteiger partial charge in [-0.05, 0) is 71.8 Å². The number of carbonyl (C=O) groups excluding carboxylic acids is 2. The van der Waals surface area contributed by atoms with Crippen molar-refractivity contribution in [3.05, 3.63) is 35.4 Å². The maximum absolute atomic E-state index is 12.4. The third-order valence-electron chi connectivity index (χ3n) is 5.56. The lowest BCUT2D eigenvalue weighted by atomic mass is 9.84. The summed E-state index contributed by atoms with van der Waals surface area (Å²) in [5, 5.41) is 16.0. The molecule has 2 unspecified atom stereocenters. The molecule has 1 aromatic rings. The summed E-state index contributed by atoms with van der Waals surface area (Å²) in [6.07, 6.45) is 5.55. The molecule has 1 saturated heterocycles. The van der Waals surface area contributed by atoms with Gasteiger partial charge in [-0.15, -0.1) is 0 Å². The molecule has 1 heterocycles. The number of hydrogen-bond acceptors (Lipinski definition) is 3. The number of hydrogen-bond donors (Lipinski definition) is 3. The minimum absolute atomic E-state index is 0.0280. The molecule has 2 rings (SSSR count). The Morgan fingerprint density at radius 3 is 2.57 bits per heavy atom. The molecular formula is C23H36N2O3. The standard InChI is InChI=1S/C23H36N2O3/c1-17-7-9-19(10-8-17)16-23(15-12-21(27)25-23)14-11-20(26)24-18(2)6-5-13-22(3,4)28/h7-10,18,28H,5-6,11-16H2,1-4H3,(H,24,26)(H,25,27). The van der Waals surface area contributed by atoms with E-state index >= 15 is 0 Å². The second-order valence-corrected chi connectivity index (χ2v) is 9.16. The van der Waals surface area contributed by atoms with E-state index in [0.717, 1.165) is 32.1 Å². The Morgan fingerprint density at radius 1 is 1.32 bits per heavy atom. The molecular weight excluding hydrogens is 352 g/mol. The van der Waals surface area contributed by atoms with Crippen molar-refractivity contribution in [2.24, 2.45) is 0 Å². The van der Waals surface area contributed by atoms with Crippen molar-refractivity contribution in [1.82, 2.24) is 10.6 Å². The maximum Gasteiger partial charge on any atom is 0.220 e. The Bertz CT molecular complexity index is 663. The fraction of sp³-hybridized carbons (Fsp3) is 0.652. The van der Waals surface area contributed by atoms with Crippen LogP contribution in [0.25, 0.3) is 0 Å². The quantitative estimate of drug-likeness (QED) is 0.575. The maximum atomic E-state index is 12.4. The van der Waals surface area contributed by atoms with Gasteiger partial charge in [0, 0.05) is 24.4 Å². The summed E-state index contributed by atoms with van der Waals surface area (Å²) in [6, 6.07) is 8.46. The van der Waals surface area contributed by atoms with Crippen molar-refractivity contribution < 1.29 is 14.7 Å². The summed E-state index contributed by atoms with van der Waals surface area (Å²) in [4.78, 5) is 24.3. The van der Waals surface area contributed by atoms with Crippen molar-refractivity contribution in [2.45, 2.75) is 96.2 Å². The van der Waals surface area contributed by atoms with Crippen molar-refractivity contribution in [3.63, 3.8) is 0 Å².